The molecule has 3 aromatic carbocycles. The first kappa shape index (κ1) is 25.0. The molecule has 1 heterocycles. The van der Waals surface area contributed by atoms with Crippen LogP contribution in [0.2, 0.25) is 0 Å². The molecule has 0 atom stereocenters. The lowest BCUT2D eigenvalue weighted by molar-refractivity contribution is -0.385. The van der Waals surface area contributed by atoms with Crippen molar-refractivity contribution in [2.75, 3.05) is 0 Å². The number of hydrogen-bond donors (Lipinski definition) is 0. The maximum absolute atomic E-state index is 13.0. The van der Waals surface area contributed by atoms with Gasteiger partial charge in [0, 0.05) is 28.8 Å². The van der Waals surface area contributed by atoms with Crippen LogP contribution in [0.25, 0.3) is 6.08 Å². The summed E-state index contributed by atoms with van der Waals surface area (Å²) in [6.45, 7) is 1.48. The SMILES string of the molecule is Cc1c(C2=N/C(=C\c3ccccc3Oc3ccc(C(F)(F)F)cc3[N+](=O)[O-])C(=O)O2)cccc1[N+](=O)[O-]. The smallest absolute Gasteiger partial charge is 0.416 e. The molecule has 0 spiro atoms. The lowest BCUT2D eigenvalue weighted by Gasteiger charge is -2.11. The Morgan fingerprint density at radius 3 is 2.32 bits per heavy atom. The van der Waals surface area contributed by atoms with E-state index < -0.39 is 39.0 Å². The Labute approximate surface area is 205 Å². The number of para-hydroxylation sites is 1. The predicted molar refractivity (Wildman–Crippen MR) is 123 cm³/mol. The second-order valence-corrected chi connectivity index (χ2v) is 7.62. The highest BCUT2D eigenvalue weighted by Gasteiger charge is 2.34. The molecule has 10 nitrogen and oxygen atoms in total. The summed E-state index contributed by atoms with van der Waals surface area (Å²) >= 11 is 0. The Morgan fingerprint density at radius 1 is 0.946 bits per heavy atom. The number of ether oxygens (including phenoxy) is 2. The number of hydrogen-bond acceptors (Lipinski definition) is 8. The largest absolute Gasteiger partial charge is 0.449 e. The molecule has 3 aromatic rings. The fourth-order valence-corrected chi connectivity index (χ4v) is 3.46. The summed E-state index contributed by atoms with van der Waals surface area (Å²) in [5, 5.41) is 22.6. The van der Waals surface area contributed by atoms with Crippen molar-refractivity contribution in [2.45, 2.75) is 13.1 Å². The van der Waals surface area contributed by atoms with Crippen LogP contribution in [0.5, 0.6) is 11.5 Å². The first-order chi connectivity index (χ1) is 17.5. The van der Waals surface area contributed by atoms with Crippen molar-refractivity contribution >= 4 is 29.3 Å². The van der Waals surface area contributed by atoms with Gasteiger partial charge >= 0.3 is 17.8 Å². The minimum Gasteiger partial charge on any atom is -0.449 e. The number of rotatable bonds is 6. The van der Waals surface area contributed by atoms with Gasteiger partial charge in [-0.15, -0.1) is 0 Å². The molecular formula is C24H14F3N3O7. The summed E-state index contributed by atoms with van der Waals surface area (Å²) in [6, 6.07) is 12.0. The van der Waals surface area contributed by atoms with Gasteiger partial charge in [0.2, 0.25) is 11.6 Å². The standard InChI is InChI=1S/C24H14F3N3O7/c1-13-16(6-4-7-18(13)29(32)33)22-28-17(23(31)37-22)11-14-5-2-3-8-20(14)36-21-10-9-15(24(25,26)27)12-19(21)30(34)35/h2-12H,1H3/b17-11-. The molecule has 0 fully saturated rings. The van der Waals surface area contributed by atoms with Gasteiger partial charge in [-0.1, -0.05) is 24.3 Å². The van der Waals surface area contributed by atoms with E-state index in [9.17, 15) is 38.2 Å². The van der Waals surface area contributed by atoms with Crippen molar-refractivity contribution in [3.05, 3.63) is 109 Å². The van der Waals surface area contributed by atoms with Crippen LogP contribution in [0, 0.1) is 27.2 Å². The van der Waals surface area contributed by atoms with Gasteiger partial charge in [-0.05, 0) is 37.3 Å². The molecule has 0 radical (unpaired) electrons. The zero-order valence-corrected chi connectivity index (χ0v) is 18.7. The van der Waals surface area contributed by atoms with Crippen LogP contribution in [0.4, 0.5) is 24.5 Å². The first-order valence-corrected chi connectivity index (χ1v) is 10.3. The van der Waals surface area contributed by atoms with Crippen LogP contribution >= 0.6 is 0 Å². The van der Waals surface area contributed by atoms with Gasteiger partial charge in [0.15, 0.2) is 5.70 Å². The van der Waals surface area contributed by atoms with Gasteiger partial charge in [0.25, 0.3) is 5.69 Å². The van der Waals surface area contributed by atoms with Crippen molar-refractivity contribution in [2.24, 2.45) is 4.99 Å². The monoisotopic (exact) mass is 513 g/mol. The van der Waals surface area contributed by atoms with Crippen LogP contribution in [-0.2, 0) is 15.7 Å². The molecule has 0 N–H and O–H groups in total. The van der Waals surface area contributed by atoms with Crippen LogP contribution in [0.15, 0.2) is 71.4 Å². The fraction of sp³-hybridized carbons (Fsp3) is 0.0833. The molecule has 13 heteroatoms. The normalized spacial score (nSPS) is 14.3. The van der Waals surface area contributed by atoms with Crippen molar-refractivity contribution in [3.8, 4) is 11.5 Å². The van der Waals surface area contributed by atoms with E-state index >= 15 is 0 Å². The third kappa shape index (κ3) is 5.15. The summed E-state index contributed by atoms with van der Waals surface area (Å²) < 4.78 is 49.7. The van der Waals surface area contributed by atoms with Crippen molar-refractivity contribution in [1.82, 2.24) is 0 Å². The topological polar surface area (TPSA) is 134 Å². The molecule has 1 aliphatic heterocycles. The fourth-order valence-electron chi connectivity index (χ4n) is 3.46. The Kier molecular flexibility index (Phi) is 6.45. The minimum absolute atomic E-state index is 0.0131. The van der Waals surface area contributed by atoms with Crippen molar-refractivity contribution in [3.63, 3.8) is 0 Å². The number of carbonyl (C=O) groups is 1. The van der Waals surface area contributed by atoms with E-state index in [0.717, 1.165) is 6.07 Å². The molecule has 0 aliphatic carbocycles. The second-order valence-electron chi connectivity index (χ2n) is 7.62. The molecule has 37 heavy (non-hydrogen) atoms. The molecule has 0 unspecified atom stereocenters. The average molecular weight is 513 g/mol. The Balaban J connectivity index is 1.71. The first-order valence-electron chi connectivity index (χ1n) is 10.3. The number of halogens is 3. The number of benzene rings is 3. The van der Waals surface area contributed by atoms with E-state index in [1.807, 2.05) is 0 Å². The summed E-state index contributed by atoms with van der Waals surface area (Å²) in [4.78, 5) is 37.6. The maximum atomic E-state index is 13.0. The number of nitro groups is 2. The van der Waals surface area contributed by atoms with Crippen molar-refractivity contribution < 1.29 is 37.3 Å². The van der Waals surface area contributed by atoms with Crippen molar-refractivity contribution in [1.29, 1.82) is 0 Å². The Bertz CT molecular complexity index is 1510. The zero-order chi connectivity index (χ0) is 26.9. The third-order valence-electron chi connectivity index (χ3n) is 5.27. The van der Waals surface area contributed by atoms with E-state index in [4.69, 9.17) is 9.47 Å². The molecule has 1 aliphatic rings. The highest BCUT2D eigenvalue weighted by molar-refractivity contribution is 6.13. The number of nitro benzene ring substituents is 2. The summed E-state index contributed by atoms with van der Waals surface area (Å²) in [5.74, 6) is -1.49. The molecule has 0 amide bonds. The molecule has 0 aromatic heterocycles. The number of esters is 1. The van der Waals surface area contributed by atoms with Gasteiger partial charge in [-0.2, -0.15) is 13.2 Å². The van der Waals surface area contributed by atoms with Gasteiger partial charge < -0.3 is 9.47 Å². The number of nitrogens with zero attached hydrogens (tertiary/aromatic N) is 3. The van der Waals surface area contributed by atoms with Crippen LogP contribution in [0.1, 0.15) is 22.3 Å². The molecule has 0 saturated carbocycles. The van der Waals surface area contributed by atoms with E-state index in [0.29, 0.717) is 12.1 Å². The molecule has 0 bridgehead atoms. The summed E-state index contributed by atoms with van der Waals surface area (Å²) in [7, 11) is 0. The van der Waals surface area contributed by atoms with Crippen LogP contribution in [0.3, 0.4) is 0 Å². The van der Waals surface area contributed by atoms with E-state index in [1.54, 1.807) is 6.07 Å². The molecule has 0 saturated heterocycles. The van der Waals surface area contributed by atoms with E-state index in [-0.39, 0.29) is 39.7 Å². The number of cyclic esters (lactones) is 1. The number of alkyl halides is 3. The van der Waals surface area contributed by atoms with Crippen LogP contribution < -0.4 is 4.74 Å². The molecule has 188 valence electrons. The highest BCUT2D eigenvalue weighted by atomic mass is 19.4. The quantitative estimate of drug-likeness (QED) is 0.172. The van der Waals surface area contributed by atoms with Gasteiger partial charge in [0.05, 0.1) is 15.4 Å². The minimum atomic E-state index is -4.79. The lowest BCUT2D eigenvalue weighted by Crippen LogP contribution is -2.08. The molecule has 4 rings (SSSR count). The van der Waals surface area contributed by atoms with Gasteiger partial charge in [-0.3, -0.25) is 20.2 Å². The summed E-state index contributed by atoms with van der Waals surface area (Å²) in [6.07, 6.45) is -3.53. The predicted octanol–water partition coefficient (Wildman–Crippen LogP) is 5.97. The second kappa shape index (κ2) is 9.53. The summed E-state index contributed by atoms with van der Waals surface area (Å²) in [5.41, 5.74) is -1.82. The third-order valence-corrected chi connectivity index (χ3v) is 5.27. The van der Waals surface area contributed by atoms with Crippen LogP contribution in [-0.4, -0.2) is 21.7 Å². The van der Waals surface area contributed by atoms with E-state index in [2.05, 4.69) is 4.99 Å². The van der Waals surface area contributed by atoms with Gasteiger partial charge in [0.1, 0.15) is 5.75 Å². The van der Waals surface area contributed by atoms with Gasteiger partial charge in [-0.25, -0.2) is 9.79 Å². The number of aliphatic imine (C=N–C) groups is 1. The highest BCUT2D eigenvalue weighted by Crippen LogP contribution is 2.39. The zero-order valence-electron chi connectivity index (χ0n) is 18.7. The van der Waals surface area contributed by atoms with E-state index in [1.165, 1.54) is 49.4 Å². The number of carbonyl (C=O) groups excluding carboxylic acids is 1. The lowest BCUT2D eigenvalue weighted by atomic mass is 10.1. The average Bonchev–Trinajstić information content (AvgIpc) is 3.19. The maximum Gasteiger partial charge on any atom is 0.416 e. The Morgan fingerprint density at radius 2 is 1.65 bits per heavy atom. The Hall–Kier alpha value is -5.07. The molecular weight excluding hydrogens is 499 g/mol.